The van der Waals surface area contributed by atoms with Crippen LogP contribution >= 0.6 is 0 Å². The number of amides is 1. The third kappa shape index (κ3) is 3.45. The molecule has 19 heavy (non-hydrogen) atoms. The SMILES string of the molecule is O=C(CNC1CCNC1)Nc1ccc(F)c(F)c1F. The van der Waals surface area contributed by atoms with E-state index in [4.69, 9.17) is 0 Å². The molecule has 1 atom stereocenters. The van der Waals surface area contributed by atoms with Crippen LogP contribution in [0, 0.1) is 17.5 Å². The number of benzene rings is 1. The van der Waals surface area contributed by atoms with E-state index in [-0.39, 0.29) is 18.3 Å². The summed E-state index contributed by atoms with van der Waals surface area (Å²) in [5, 5.41) is 8.30. The Morgan fingerprint density at radius 1 is 1.32 bits per heavy atom. The number of nitrogens with one attached hydrogen (secondary N) is 3. The molecule has 4 nitrogen and oxygen atoms in total. The van der Waals surface area contributed by atoms with Gasteiger partial charge >= 0.3 is 0 Å². The van der Waals surface area contributed by atoms with Crippen LogP contribution in [0.5, 0.6) is 0 Å². The lowest BCUT2D eigenvalue weighted by Gasteiger charge is -2.11. The Morgan fingerprint density at radius 3 is 2.79 bits per heavy atom. The molecule has 1 unspecified atom stereocenters. The van der Waals surface area contributed by atoms with Gasteiger partial charge in [0.2, 0.25) is 5.91 Å². The highest BCUT2D eigenvalue weighted by Crippen LogP contribution is 2.19. The van der Waals surface area contributed by atoms with E-state index in [1.165, 1.54) is 0 Å². The van der Waals surface area contributed by atoms with Gasteiger partial charge in [0, 0.05) is 12.6 Å². The summed E-state index contributed by atoms with van der Waals surface area (Å²) in [5.41, 5.74) is -0.366. The van der Waals surface area contributed by atoms with E-state index in [2.05, 4.69) is 16.0 Å². The maximum Gasteiger partial charge on any atom is 0.238 e. The lowest BCUT2D eigenvalue weighted by molar-refractivity contribution is -0.115. The predicted molar refractivity (Wildman–Crippen MR) is 64.2 cm³/mol. The maximum absolute atomic E-state index is 13.3. The van der Waals surface area contributed by atoms with Gasteiger partial charge in [0.15, 0.2) is 17.5 Å². The molecule has 0 radical (unpaired) electrons. The maximum atomic E-state index is 13.3. The summed E-state index contributed by atoms with van der Waals surface area (Å²) in [6.07, 6.45) is 0.910. The molecule has 0 saturated carbocycles. The van der Waals surface area contributed by atoms with E-state index in [9.17, 15) is 18.0 Å². The van der Waals surface area contributed by atoms with Crippen LogP contribution in [0.25, 0.3) is 0 Å². The highest BCUT2D eigenvalue weighted by Gasteiger charge is 2.17. The first-order valence-corrected chi connectivity index (χ1v) is 5.95. The smallest absolute Gasteiger partial charge is 0.238 e. The predicted octanol–water partition coefficient (Wildman–Crippen LogP) is 0.994. The molecule has 1 saturated heterocycles. The quantitative estimate of drug-likeness (QED) is 0.717. The number of halogens is 3. The summed E-state index contributed by atoms with van der Waals surface area (Å²) in [6.45, 7) is 1.65. The zero-order valence-corrected chi connectivity index (χ0v) is 10.1. The van der Waals surface area contributed by atoms with Crippen molar-refractivity contribution in [1.82, 2.24) is 10.6 Å². The summed E-state index contributed by atoms with van der Waals surface area (Å²) in [4.78, 5) is 11.5. The Labute approximate surface area is 108 Å². The van der Waals surface area contributed by atoms with E-state index >= 15 is 0 Å². The topological polar surface area (TPSA) is 53.2 Å². The molecule has 1 aromatic carbocycles. The van der Waals surface area contributed by atoms with Crippen LogP contribution in [0.2, 0.25) is 0 Å². The van der Waals surface area contributed by atoms with Gasteiger partial charge in [0.05, 0.1) is 12.2 Å². The highest BCUT2D eigenvalue weighted by molar-refractivity contribution is 5.92. The molecule has 1 heterocycles. The van der Waals surface area contributed by atoms with E-state index in [1.807, 2.05) is 0 Å². The summed E-state index contributed by atoms with van der Waals surface area (Å²) < 4.78 is 39.0. The number of carbonyl (C=O) groups is 1. The van der Waals surface area contributed by atoms with Crippen molar-refractivity contribution < 1.29 is 18.0 Å². The molecule has 7 heteroatoms. The first-order valence-electron chi connectivity index (χ1n) is 5.95. The van der Waals surface area contributed by atoms with Crippen molar-refractivity contribution in [3.05, 3.63) is 29.6 Å². The zero-order chi connectivity index (χ0) is 13.8. The lowest BCUT2D eigenvalue weighted by atomic mass is 10.2. The summed E-state index contributed by atoms with van der Waals surface area (Å²) in [6, 6.07) is 1.95. The molecule has 1 amide bonds. The summed E-state index contributed by atoms with van der Waals surface area (Å²) in [5.74, 6) is -4.77. The van der Waals surface area contributed by atoms with Crippen LogP contribution in [0.3, 0.4) is 0 Å². The minimum Gasteiger partial charge on any atom is -0.322 e. The molecular weight excluding hydrogens is 259 g/mol. The number of rotatable bonds is 4. The van der Waals surface area contributed by atoms with Crippen LogP contribution in [-0.4, -0.2) is 31.6 Å². The lowest BCUT2D eigenvalue weighted by Crippen LogP contribution is -2.37. The van der Waals surface area contributed by atoms with Crippen LogP contribution in [-0.2, 0) is 4.79 Å². The standard InChI is InChI=1S/C12H14F3N3O/c13-8-1-2-9(12(15)11(8)14)18-10(19)6-17-7-3-4-16-5-7/h1-2,7,16-17H,3-6H2,(H,18,19). The zero-order valence-electron chi connectivity index (χ0n) is 10.1. The van der Waals surface area contributed by atoms with Crippen LogP contribution in [0.4, 0.5) is 18.9 Å². The third-order valence-electron chi connectivity index (χ3n) is 2.92. The Bertz CT molecular complexity index is 476. The third-order valence-corrected chi connectivity index (χ3v) is 2.92. The number of hydrogen-bond donors (Lipinski definition) is 3. The molecule has 1 fully saturated rings. The van der Waals surface area contributed by atoms with Crippen molar-refractivity contribution in [3.8, 4) is 0 Å². The van der Waals surface area contributed by atoms with Crippen molar-refractivity contribution >= 4 is 11.6 Å². The monoisotopic (exact) mass is 273 g/mol. The number of hydrogen-bond acceptors (Lipinski definition) is 3. The first kappa shape index (κ1) is 13.8. The molecule has 1 aliphatic heterocycles. The fraction of sp³-hybridized carbons (Fsp3) is 0.417. The molecule has 0 aliphatic carbocycles. The van der Waals surface area contributed by atoms with Gasteiger partial charge in [-0.3, -0.25) is 4.79 Å². The van der Waals surface area contributed by atoms with Gasteiger partial charge in [-0.2, -0.15) is 0 Å². The minimum absolute atomic E-state index is 0.00914. The second-order valence-electron chi connectivity index (χ2n) is 4.34. The number of anilines is 1. The van der Waals surface area contributed by atoms with Crippen LogP contribution < -0.4 is 16.0 Å². The normalized spacial score (nSPS) is 18.6. The van der Waals surface area contributed by atoms with Gasteiger partial charge in [-0.25, -0.2) is 13.2 Å². The Kier molecular flexibility index (Phi) is 4.39. The largest absolute Gasteiger partial charge is 0.322 e. The molecule has 1 aromatic rings. The second kappa shape index (κ2) is 6.03. The molecule has 0 aromatic heterocycles. The Balaban J connectivity index is 1.89. The molecule has 0 spiro atoms. The van der Waals surface area contributed by atoms with E-state index < -0.39 is 23.4 Å². The van der Waals surface area contributed by atoms with Gasteiger partial charge in [-0.05, 0) is 25.1 Å². The van der Waals surface area contributed by atoms with Crippen molar-refractivity contribution in [2.75, 3.05) is 25.0 Å². The summed E-state index contributed by atoms with van der Waals surface area (Å²) in [7, 11) is 0. The molecule has 104 valence electrons. The minimum atomic E-state index is -1.59. The van der Waals surface area contributed by atoms with Gasteiger partial charge < -0.3 is 16.0 Å². The Morgan fingerprint density at radius 2 is 2.11 bits per heavy atom. The van der Waals surface area contributed by atoms with Gasteiger partial charge in [-0.1, -0.05) is 0 Å². The van der Waals surface area contributed by atoms with Gasteiger partial charge in [0.1, 0.15) is 0 Å². The molecular formula is C12H14F3N3O. The first-order chi connectivity index (χ1) is 9.08. The van der Waals surface area contributed by atoms with E-state index in [0.29, 0.717) is 0 Å². The molecule has 0 bridgehead atoms. The molecule has 2 rings (SSSR count). The van der Waals surface area contributed by atoms with E-state index in [1.54, 1.807) is 0 Å². The van der Waals surface area contributed by atoms with Crippen molar-refractivity contribution in [2.24, 2.45) is 0 Å². The van der Waals surface area contributed by atoms with Crippen LogP contribution in [0.15, 0.2) is 12.1 Å². The summed E-state index contributed by atoms with van der Waals surface area (Å²) >= 11 is 0. The van der Waals surface area contributed by atoms with Crippen LogP contribution in [0.1, 0.15) is 6.42 Å². The van der Waals surface area contributed by atoms with Gasteiger partial charge in [0.25, 0.3) is 0 Å². The number of carbonyl (C=O) groups excluding carboxylic acids is 1. The average molecular weight is 273 g/mol. The molecule has 3 N–H and O–H groups in total. The fourth-order valence-electron chi connectivity index (χ4n) is 1.88. The molecule has 1 aliphatic rings. The van der Waals surface area contributed by atoms with Gasteiger partial charge in [-0.15, -0.1) is 0 Å². The van der Waals surface area contributed by atoms with Crippen molar-refractivity contribution in [3.63, 3.8) is 0 Å². The van der Waals surface area contributed by atoms with Crippen molar-refractivity contribution in [2.45, 2.75) is 12.5 Å². The van der Waals surface area contributed by atoms with E-state index in [0.717, 1.165) is 31.6 Å². The Hall–Kier alpha value is -1.60. The highest BCUT2D eigenvalue weighted by atomic mass is 19.2. The van der Waals surface area contributed by atoms with Crippen molar-refractivity contribution in [1.29, 1.82) is 0 Å². The fourth-order valence-corrected chi connectivity index (χ4v) is 1.88. The second-order valence-corrected chi connectivity index (χ2v) is 4.34. The average Bonchev–Trinajstić information content (AvgIpc) is 2.90.